The number of phenolic OH excluding ortho intramolecular Hbond substituents is 1. The van der Waals surface area contributed by atoms with Crippen molar-refractivity contribution in [3.05, 3.63) is 38.8 Å². The van der Waals surface area contributed by atoms with E-state index in [0.717, 1.165) is 31.1 Å². The van der Waals surface area contributed by atoms with E-state index >= 15 is 0 Å². The highest BCUT2D eigenvalue weighted by molar-refractivity contribution is 7.17. The summed E-state index contributed by atoms with van der Waals surface area (Å²) >= 11 is 13.4. The zero-order chi connectivity index (χ0) is 17.8. The van der Waals surface area contributed by atoms with Crippen LogP contribution < -0.4 is 10.3 Å². The minimum absolute atomic E-state index is 0.0501. The lowest BCUT2D eigenvalue weighted by Gasteiger charge is -2.25. The van der Waals surface area contributed by atoms with Crippen molar-refractivity contribution in [1.82, 2.24) is 10.4 Å². The predicted molar refractivity (Wildman–Crippen MR) is 101 cm³/mol. The SMILES string of the molecule is O=C(N/N=C\c1sc(N2CCCCC2)nc1Cl)c1cc(Cl)ccc1O. The Morgan fingerprint density at radius 2 is 2.08 bits per heavy atom. The zero-order valence-electron chi connectivity index (χ0n) is 13.2. The fourth-order valence-electron chi connectivity index (χ4n) is 2.50. The topological polar surface area (TPSA) is 77.8 Å². The van der Waals surface area contributed by atoms with E-state index in [-0.39, 0.29) is 11.3 Å². The molecule has 2 aromatic rings. The summed E-state index contributed by atoms with van der Waals surface area (Å²) in [5, 5.41) is 15.2. The fourth-order valence-corrected chi connectivity index (χ4v) is 3.85. The third-order valence-corrected chi connectivity index (χ3v) is 5.46. The minimum atomic E-state index is -0.562. The molecule has 1 aliphatic rings. The Morgan fingerprint density at radius 1 is 1.32 bits per heavy atom. The second-order valence-corrected chi connectivity index (χ2v) is 7.36. The van der Waals surface area contributed by atoms with Gasteiger partial charge in [-0.15, -0.1) is 0 Å². The molecule has 0 saturated carbocycles. The number of halogens is 2. The maximum atomic E-state index is 12.0. The van der Waals surface area contributed by atoms with Crippen LogP contribution in [-0.2, 0) is 0 Å². The lowest BCUT2D eigenvalue weighted by Crippen LogP contribution is -2.29. The molecule has 1 aliphatic heterocycles. The van der Waals surface area contributed by atoms with E-state index in [0.29, 0.717) is 15.1 Å². The molecular formula is C16H16Cl2N4O2S. The summed E-state index contributed by atoms with van der Waals surface area (Å²) < 4.78 is 0. The molecule has 9 heteroatoms. The van der Waals surface area contributed by atoms with Gasteiger partial charge in [0, 0.05) is 18.1 Å². The first-order valence-electron chi connectivity index (χ1n) is 7.78. The second-order valence-electron chi connectivity index (χ2n) is 5.56. The van der Waals surface area contributed by atoms with Crippen LogP contribution in [0.4, 0.5) is 5.13 Å². The van der Waals surface area contributed by atoms with Crippen molar-refractivity contribution in [3.63, 3.8) is 0 Å². The number of thiazole rings is 1. The quantitative estimate of drug-likeness (QED) is 0.604. The number of hydrazone groups is 1. The Balaban J connectivity index is 1.67. The first-order chi connectivity index (χ1) is 12.0. The maximum Gasteiger partial charge on any atom is 0.275 e. The van der Waals surface area contributed by atoms with Gasteiger partial charge in [-0.1, -0.05) is 34.5 Å². The van der Waals surface area contributed by atoms with Crippen LogP contribution in [0.2, 0.25) is 10.2 Å². The van der Waals surface area contributed by atoms with Crippen molar-refractivity contribution in [1.29, 1.82) is 0 Å². The van der Waals surface area contributed by atoms with Crippen LogP contribution in [0.15, 0.2) is 23.3 Å². The number of amides is 1. The molecule has 1 fully saturated rings. The molecule has 1 amide bonds. The number of hydrogen-bond acceptors (Lipinski definition) is 6. The van der Waals surface area contributed by atoms with Gasteiger partial charge in [-0.05, 0) is 37.5 Å². The molecule has 0 atom stereocenters. The molecule has 6 nitrogen and oxygen atoms in total. The molecule has 2 N–H and O–H groups in total. The van der Waals surface area contributed by atoms with Gasteiger partial charge in [0.2, 0.25) is 0 Å². The minimum Gasteiger partial charge on any atom is -0.507 e. The van der Waals surface area contributed by atoms with Crippen LogP contribution in [0, 0.1) is 0 Å². The van der Waals surface area contributed by atoms with Crippen LogP contribution in [-0.4, -0.2) is 35.3 Å². The number of benzene rings is 1. The Kier molecular flexibility index (Phi) is 5.78. The van der Waals surface area contributed by atoms with Crippen molar-refractivity contribution in [3.8, 4) is 5.75 Å². The molecular weight excluding hydrogens is 383 g/mol. The van der Waals surface area contributed by atoms with Gasteiger partial charge in [0.25, 0.3) is 5.91 Å². The van der Waals surface area contributed by atoms with E-state index in [4.69, 9.17) is 23.2 Å². The van der Waals surface area contributed by atoms with Crippen molar-refractivity contribution in [2.24, 2.45) is 5.10 Å². The van der Waals surface area contributed by atoms with Crippen LogP contribution in [0.25, 0.3) is 0 Å². The number of carbonyl (C=O) groups excluding carboxylic acids is 1. The highest BCUT2D eigenvalue weighted by Gasteiger charge is 2.17. The average molecular weight is 399 g/mol. The predicted octanol–water partition coefficient (Wildman–Crippen LogP) is 3.91. The Hall–Kier alpha value is -1.83. The monoisotopic (exact) mass is 398 g/mol. The van der Waals surface area contributed by atoms with Gasteiger partial charge in [0.05, 0.1) is 16.7 Å². The van der Waals surface area contributed by atoms with Gasteiger partial charge in [-0.25, -0.2) is 10.4 Å². The number of nitrogens with zero attached hydrogens (tertiary/aromatic N) is 3. The number of aromatic nitrogens is 1. The van der Waals surface area contributed by atoms with E-state index in [1.54, 1.807) is 0 Å². The number of hydrogen-bond donors (Lipinski definition) is 2. The van der Waals surface area contributed by atoms with Crippen molar-refractivity contribution in [2.45, 2.75) is 19.3 Å². The normalized spacial score (nSPS) is 14.9. The largest absolute Gasteiger partial charge is 0.507 e. The average Bonchev–Trinajstić information content (AvgIpc) is 2.98. The van der Waals surface area contributed by atoms with Gasteiger partial charge in [0.1, 0.15) is 5.75 Å². The molecule has 0 aliphatic carbocycles. The van der Waals surface area contributed by atoms with Crippen LogP contribution in [0.5, 0.6) is 5.75 Å². The Morgan fingerprint density at radius 3 is 2.84 bits per heavy atom. The molecule has 0 radical (unpaired) electrons. The number of phenols is 1. The summed E-state index contributed by atoms with van der Waals surface area (Å²) in [6, 6.07) is 4.22. The van der Waals surface area contributed by atoms with E-state index in [1.165, 1.54) is 42.2 Å². The highest BCUT2D eigenvalue weighted by Crippen LogP contribution is 2.30. The van der Waals surface area contributed by atoms with Crippen molar-refractivity contribution < 1.29 is 9.90 Å². The molecule has 2 heterocycles. The Bertz CT molecular complexity index is 803. The third kappa shape index (κ3) is 4.42. The molecule has 3 rings (SSSR count). The van der Waals surface area contributed by atoms with E-state index in [1.807, 2.05) is 0 Å². The van der Waals surface area contributed by atoms with Crippen molar-refractivity contribution >= 4 is 51.8 Å². The fraction of sp³-hybridized carbons (Fsp3) is 0.312. The molecule has 132 valence electrons. The summed E-state index contributed by atoms with van der Waals surface area (Å²) in [6.45, 7) is 1.95. The number of nitrogens with one attached hydrogen (secondary N) is 1. The van der Waals surface area contributed by atoms with Gasteiger partial charge in [-0.3, -0.25) is 4.79 Å². The zero-order valence-corrected chi connectivity index (χ0v) is 15.5. The molecule has 1 saturated heterocycles. The molecule has 0 spiro atoms. The molecule has 1 aromatic carbocycles. The number of piperidine rings is 1. The first-order valence-corrected chi connectivity index (χ1v) is 9.35. The molecule has 25 heavy (non-hydrogen) atoms. The third-order valence-electron chi connectivity index (χ3n) is 3.78. The number of aromatic hydroxyl groups is 1. The summed E-state index contributed by atoms with van der Waals surface area (Å²) in [5.74, 6) is -0.728. The molecule has 1 aromatic heterocycles. The summed E-state index contributed by atoms with van der Waals surface area (Å²) in [4.78, 5) is 19.3. The number of rotatable bonds is 4. The van der Waals surface area contributed by atoms with Crippen LogP contribution >= 0.6 is 34.5 Å². The van der Waals surface area contributed by atoms with Gasteiger partial charge >= 0.3 is 0 Å². The summed E-state index contributed by atoms with van der Waals surface area (Å²) in [7, 11) is 0. The first kappa shape index (κ1) is 18.0. The van der Waals surface area contributed by atoms with Crippen LogP contribution in [0.3, 0.4) is 0 Å². The maximum absolute atomic E-state index is 12.0. The van der Waals surface area contributed by atoms with Crippen LogP contribution in [0.1, 0.15) is 34.5 Å². The highest BCUT2D eigenvalue weighted by atomic mass is 35.5. The van der Waals surface area contributed by atoms with E-state index < -0.39 is 5.91 Å². The van der Waals surface area contributed by atoms with Crippen molar-refractivity contribution in [2.75, 3.05) is 18.0 Å². The van der Waals surface area contributed by atoms with E-state index in [2.05, 4.69) is 20.4 Å². The van der Waals surface area contributed by atoms with Gasteiger partial charge in [-0.2, -0.15) is 5.10 Å². The van der Waals surface area contributed by atoms with E-state index in [9.17, 15) is 9.90 Å². The smallest absolute Gasteiger partial charge is 0.275 e. The number of carbonyl (C=O) groups is 1. The summed E-state index contributed by atoms with van der Waals surface area (Å²) in [5.41, 5.74) is 2.40. The lowest BCUT2D eigenvalue weighted by molar-refractivity contribution is 0.0952. The standard InChI is InChI=1S/C16H16Cl2N4O2S/c17-10-4-5-12(23)11(8-10)15(24)21-19-9-13-14(18)20-16(25-13)22-6-2-1-3-7-22/h4-5,8-9,23H,1-3,6-7H2,(H,21,24)/b19-9-. The lowest BCUT2D eigenvalue weighted by atomic mass is 10.1. The Labute approximate surface area is 159 Å². The second kappa shape index (κ2) is 8.03. The van der Waals surface area contributed by atoms with Gasteiger partial charge < -0.3 is 10.0 Å². The van der Waals surface area contributed by atoms with Gasteiger partial charge in [0.15, 0.2) is 10.3 Å². The molecule has 0 unspecified atom stereocenters. The summed E-state index contributed by atoms with van der Waals surface area (Å²) in [6.07, 6.45) is 5.00. The molecule has 0 bridgehead atoms. The number of anilines is 1.